The highest BCUT2D eigenvalue weighted by molar-refractivity contribution is 6.16. The van der Waals surface area contributed by atoms with E-state index >= 15 is 0 Å². The molecule has 0 radical (unpaired) electrons. The van der Waals surface area contributed by atoms with Crippen molar-refractivity contribution in [1.29, 1.82) is 0 Å². The number of aryl methyl sites for hydroxylation is 1. The molecular weight excluding hydrogens is 295 g/mol. The van der Waals surface area contributed by atoms with Crippen molar-refractivity contribution < 1.29 is 14.0 Å². The van der Waals surface area contributed by atoms with Crippen LogP contribution in [-0.4, -0.2) is 11.8 Å². The van der Waals surface area contributed by atoms with E-state index in [9.17, 15) is 14.0 Å². The Bertz CT molecular complexity index is 769. The van der Waals surface area contributed by atoms with Gasteiger partial charge in [0.15, 0.2) is 0 Å². The summed E-state index contributed by atoms with van der Waals surface area (Å²) in [5.74, 6) is -1.33. The van der Waals surface area contributed by atoms with E-state index in [4.69, 9.17) is 0 Å². The van der Waals surface area contributed by atoms with Gasteiger partial charge in [-0.05, 0) is 49.6 Å². The number of para-hydroxylation sites is 1. The standard InChI is InChI=1S/C18H17FN2O2/c1-12-5-4-6-13(11-12)20-16(22)18(9-10-18)17(23)21-15-8-3-2-7-14(15)19/h2-8,11H,9-10H2,1H3,(H,20,22)(H,21,23). The summed E-state index contributed by atoms with van der Waals surface area (Å²) in [5.41, 5.74) is 0.655. The molecule has 2 N–H and O–H groups in total. The maximum Gasteiger partial charge on any atom is 0.240 e. The van der Waals surface area contributed by atoms with Crippen LogP contribution in [0.25, 0.3) is 0 Å². The molecule has 0 heterocycles. The van der Waals surface area contributed by atoms with Crippen molar-refractivity contribution in [2.45, 2.75) is 19.8 Å². The number of rotatable bonds is 4. The van der Waals surface area contributed by atoms with Crippen molar-refractivity contribution in [3.8, 4) is 0 Å². The van der Waals surface area contributed by atoms with Gasteiger partial charge in [-0.25, -0.2) is 4.39 Å². The maximum atomic E-state index is 13.6. The first-order chi connectivity index (χ1) is 11.0. The lowest BCUT2D eigenvalue weighted by Gasteiger charge is -2.16. The molecule has 1 aliphatic rings. The SMILES string of the molecule is Cc1cccc(NC(=O)C2(C(=O)Nc3ccccc3F)CC2)c1. The van der Waals surface area contributed by atoms with Crippen molar-refractivity contribution in [3.05, 3.63) is 59.9 Å². The topological polar surface area (TPSA) is 58.2 Å². The van der Waals surface area contributed by atoms with Gasteiger partial charge in [0.2, 0.25) is 11.8 Å². The van der Waals surface area contributed by atoms with Crippen molar-refractivity contribution in [3.63, 3.8) is 0 Å². The smallest absolute Gasteiger partial charge is 0.240 e. The van der Waals surface area contributed by atoms with Gasteiger partial charge in [-0.3, -0.25) is 9.59 Å². The second-order valence-electron chi connectivity index (χ2n) is 5.84. The molecule has 1 aliphatic carbocycles. The zero-order valence-electron chi connectivity index (χ0n) is 12.7. The Morgan fingerprint density at radius 3 is 2.35 bits per heavy atom. The lowest BCUT2D eigenvalue weighted by atomic mass is 10.0. The highest BCUT2D eigenvalue weighted by atomic mass is 19.1. The first kappa shape index (κ1) is 15.2. The Kier molecular flexibility index (Phi) is 3.86. The summed E-state index contributed by atoms with van der Waals surface area (Å²) in [6, 6.07) is 13.3. The Balaban J connectivity index is 1.72. The molecule has 0 aliphatic heterocycles. The molecule has 1 fully saturated rings. The van der Waals surface area contributed by atoms with Crippen LogP contribution in [0.3, 0.4) is 0 Å². The Hall–Kier alpha value is -2.69. The van der Waals surface area contributed by atoms with E-state index in [1.807, 2.05) is 25.1 Å². The summed E-state index contributed by atoms with van der Waals surface area (Å²) >= 11 is 0. The molecule has 2 amide bonds. The molecule has 2 aromatic rings. The highest BCUT2D eigenvalue weighted by Crippen LogP contribution is 2.47. The largest absolute Gasteiger partial charge is 0.325 e. The number of carbonyl (C=O) groups excluding carboxylic acids is 2. The third-order valence-electron chi connectivity index (χ3n) is 4.02. The molecule has 0 aromatic heterocycles. The molecule has 0 saturated heterocycles. The van der Waals surface area contributed by atoms with Crippen LogP contribution in [0.2, 0.25) is 0 Å². The molecule has 5 heteroatoms. The fraction of sp³-hybridized carbons (Fsp3) is 0.222. The molecule has 0 atom stereocenters. The predicted molar refractivity (Wildman–Crippen MR) is 86.5 cm³/mol. The van der Waals surface area contributed by atoms with Gasteiger partial charge in [-0.2, -0.15) is 0 Å². The normalized spacial score (nSPS) is 14.9. The van der Waals surface area contributed by atoms with Crippen LogP contribution < -0.4 is 10.6 Å². The summed E-state index contributed by atoms with van der Waals surface area (Å²) < 4.78 is 13.6. The van der Waals surface area contributed by atoms with E-state index in [2.05, 4.69) is 10.6 Å². The molecule has 0 spiro atoms. The molecule has 3 rings (SSSR count). The predicted octanol–water partition coefficient (Wildman–Crippen LogP) is 3.49. The monoisotopic (exact) mass is 312 g/mol. The Morgan fingerprint density at radius 2 is 1.70 bits per heavy atom. The van der Waals surface area contributed by atoms with E-state index in [0.29, 0.717) is 18.5 Å². The third-order valence-corrected chi connectivity index (χ3v) is 4.02. The van der Waals surface area contributed by atoms with Crippen LogP contribution in [-0.2, 0) is 9.59 Å². The number of hydrogen-bond donors (Lipinski definition) is 2. The van der Waals surface area contributed by atoms with Crippen LogP contribution in [0.15, 0.2) is 48.5 Å². The van der Waals surface area contributed by atoms with Crippen molar-refractivity contribution in [2.75, 3.05) is 10.6 Å². The maximum absolute atomic E-state index is 13.6. The van der Waals surface area contributed by atoms with E-state index in [-0.39, 0.29) is 11.6 Å². The summed E-state index contributed by atoms with van der Waals surface area (Å²) in [6.07, 6.45) is 0.926. The Labute approximate surface area is 133 Å². The lowest BCUT2D eigenvalue weighted by Crippen LogP contribution is -2.35. The van der Waals surface area contributed by atoms with Crippen molar-refractivity contribution in [2.24, 2.45) is 5.41 Å². The van der Waals surface area contributed by atoms with Gasteiger partial charge >= 0.3 is 0 Å². The second kappa shape index (κ2) is 5.83. The quantitative estimate of drug-likeness (QED) is 0.849. The van der Waals surface area contributed by atoms with E-state index in [1.54, 1.807) is 18.2 Å². The van der Waals surface area contributed by atoms with E-state index in [0.717, 1.165) is 5.56 Å². The van der Waals surface area contributed by atoms with Gasteiger partial charge < -0.3 is 10.6 Å². The van der Waals surface area contributed by atoms with Crippen LogP contribution in [0.5, 0.6) is 0 Å². The zero-order valence-corrected chi connectivity index (χ0v) is 12.7. The van der Waals surface area contributed by atoms with E-state index < -0.39 is 17.1 Å². The van der Waals surface area contributed by atoms with Crippen LogP contribution in [0.4, 0.5) is 15.8 Å². The fourth-order valence-electron chi connectivity index (χ4n) is 2.46. The van der Waals surface area contributed by atoms with Gasteiger partial charge in [-0.15, -0.1) is 0 Å². The van der Waals surface area contributed by atoms with Crippen LogP contribution in [0, 0.1) is 18.2 Å². The molecule has 118 valence electrons. The molecule has 2 aromatic carbocycles. The minimum absolute atomic E-state index is 0.0899. The number of anilines is 2. The van der Waals surface area contributed by atoms with Crippen LogP contribution >= 0.6 is 0 Å². The summed E-state index contributed by atoms with van der Waals surface area (Å²) in [4.78, 5) is 24.9. The number of halogens is 1. The minimum Gasteiger partial charge on any atom is -0.325 e. The van der Waals surface area contributed by atoms with Gasteiger partial charge in [-0.1, -0.05) is 24.3 Å². The molecule has 1 saturated carbocycles. The fourth-order valence-corrected chi connectivity index (χ4v) is 2.46. The molecule has 23 heavy (non-hydrogen) atoms. The zero-order chi connectivity index (χ0) is 16.4. The highest BCUT2D eigenvalue weighted by Gasteiger charge is 2.56. The number of amides is 2. The number of carbonyl (C=O) groups is 2. The first-order valence-corrected chi connectivity index (χ1v) is 7.45. The van der Waals surface area contributed by atoms with Crippen molar-refractivity contribution >= 4 is 23.2 Å². The summed E-state index contributed by atoms with van der Waals surface area (Å²) in [6.45, 7) is 1.92. The lowest BCUT2D eigenvalue weighted by molar-refractivity contribution is -0.131. The molecule has 4 nitrogen and oxygen atoms in total. The van der Waals surface area contributed by atoms with Gasteiger partial charge in [0.05, 0.1) is 5.69 Å². The third kappa shape index (κ3) is 3.08. The number of hydrogen-bond acceptors (Lipinski definition) is 2. The molecule has 0 bridgehead atoms. The van der Waals surface area contributed by atoms with Crippen LogP contribution in [0.1, 0.15) is 18.4 Å². The molecule has 0 unspecified atom stereocenters. The summed E-state index contributed by atoms with van der Waals surface area (Å²) in [5, 5.41) is 5.29. The number of benzene rings is 2. The average molecular weight is 312 g/mol. The second-order valence-corrected chi connectivity index (χ2v) is 5.84. The van der Waals surface area contributed by atoms with Gasteiger partial charge in [0.1, 0.15) is 11.2 Å². The average Bonchev–Trinajstić information content (AvgIpc) is 3.31. The van der Waals surface area contributed by atoms with Crippen molar-refractivity contribution in [1.82, 2.24) is 0 Å². The Morgan fingerprint density at radius 1 is 1.00 bits per heavy atom. The van der Waals surface area contributed by atoms with Gasteiger partial charge in [0, 0.05) is 5.69 Å². The minimum atomic E-state index is -1.11. The number of nitrogens with one attached hydrogen (secondary N) is 2. The van der Waals surface area contributed by atoms with E-state index in [1.165, 1.54) is 12.1 Å². The summed E-state index contributed by atoms with van der Waals surface area (Å²) in [7, 11) is 0. The first-order valence-electron chi connectivity index (χ1n) is 7.45. The van der Waals surface area contributed by atoms with Gasteiger partial charge in [0.25, 0.3) is 0 Å². The molecular formula is C18H17FN2O2.